The molecule has 1 aliphatic heterocycles. The fourth-order valence-electron chi connectivity index (χ4n) is 4.91. The van der Waals surface area contributed by atoms with E-state index in [1.807, 2.05) is 30.3 Å². The van der Waals surface area contributed by atoms with Gasteiger partial charge in [-0.1, -0.05) is 78.9 Å². The average molecular weight is 579 g/mol. The number of amides is 2. The SMILES string of the molecule is CC(=O)N[C@H]1[C@@H]([C@H](O)[C@H](O)CNC(=O)c2ccccc2-c2ccccc2)O[C@@](OCc2ccccc2)(C(=O)O)C[C@@H]1O. The molecule has 0 aromatic heterocycles. The van der Waals surface area contributed by atoms with E-state index in [1.165, 1.54) is 6.92 Å². The molecule has 0 radical (unpaired) electrons. The molecule has 11 nitrogen and oxygen atoms in total. The van der Waals surface area contributed by atoms with Crippen molar-refractivity contribution >= 4 is 17.8 Å². The highest BCUT2D eigenvalue weighted by Crippen LogP contribution is 2.34. The summed E-state index contributed by atoms with van der Waals surface area (Å²) in [5.74, 6) is -5.05. The standard InChI is InChI=1S/C31H34N2O9/c1-19(34)33-26-24(35)16-31(30(39)40,41-18-20-10-4-2-5-11-20)42-28(26)27(37)25(36)17-32-29(38)23-15-9-8-14-22(23)21-12-6-3-7-13-21/h2-15,24-28,35-37H,16-18H2,1H3,(H,32,38)(H,33,34)(H,39,40)/t24-,25+,26+,27+,28-,31+/m0/s1. The molecule has 2 amide bonds. The number of ether oxygens (including phenoxy) is 2. The Morgan fingerprint density at radius 1 is 0.976 bits per heavy atom. The summed E-state index contributed by atoms with van der Waals surface area (Å²) in [4.78, 5) is 37.4. The third kappa shape index (κ3) is 7.19. The van der Waals surface area contributed by atoms with E-state index in [0.717, 1.165) is 5.56 Å². The molecule has 3 aromatic carbocycles. The molecule has 6 atom stereocenters. The van der Waals surface area contributed by atoms with Crippen LogP contribution in [0.3, 0.4) is 0 Å². The van der Waals surface area contributed by atoms with E-state index in [9.17, 15) is 34.8 Å². The molecule has 1 heterocycles. The summed E-state index contributed by atoms with van der Waals surface area (Å²) < 4.78 is 11.4. The maximum absolute atomic E-state index is 13.1. The summed E-state index contributed by atoms with van der Waals surface area (Å²) in [6, 6.07) is 23.5. The zero-order valence-corrected chi connectivity index (χ0v) is 22.9. The second-order valence-electron chi connectivity index (χ2n) is 10.1. The number of aliphatic hydroxyl groups excluding tert-OH is 3. The summed E-state index contributed by atoms with van der Waals surface area (Å²) in [7, 11) is 0. The third-order valence-electron chi connectivity index (χ3n) is 7.04. The van der Waals surface area contributed by atoms with E-state index in [1.54, 1.807) is 54.6 Å². The Bertz CT molecular complexity index is 1370. The lowest BCUT2D eigenvalue weighted by Crippen LogP contribution is -2.68. The predicted molar refractivity (Wildman–Crippen MR) is 151 cm³/mol. The minimum absolute atomic E-state index is 0.188. The van der Waals surface area contributed by atoms with Crippen LogP contribution in [0, 0.1) is 0 Å². The van der Waals surface area contributed by atoms with Crippen LogP contribution in [0.2, 0.25) is 0 Å². The lowest BCUT2D eigenvalue weighted by molar-refractivity contribution is -0.314. The molecule has 0 saturated carbocycles. The maximum atomic E-state index is 13.1. The Hall–Kier alpha value is -4.13. The van der Waals surface area contributed by atoms with Crippen molar-refractivity contribution in [3.8, 4) is 11.1 Å². The molecule has 6 N–H and O–H groups in total. The van der Waals surface area contributed by atoms with Gasteiger partial charge in [0, 0.05) is 25.5 Å². The van der Waals surface area contributed by atoms with E-state index < -0.39 is 67.0 Å². The van der Waals surface area contributed by atoms with Gasteiger partial charge in [0.1, 0.15) is 12.2 Å². The van der Waals surface area contributed by atoms with Crippen LogP contribution >= 0.6 is 0 Å². The summed E-state index contributed by atoms with van der Waals surface area (Å²) in [6.07, 6.45) is -7.22. The Morgan fingerprint density at radius 2 is 1.60 bits per heavy atom. The molecule has 11 heteroatoms. The van der Waals surface area contributed by atoms with Crippen molar-refractivity contribution in [1.29, 1.82) is 0 Å². The van der Waals surface area contributed by atoms with Crippen molar-refractivity contribution in [2.45, 2.75) is 56.2 Å². The van der Waals surface area contributed by atoms with Crippen LogP contribution in [0.25, 0.3) is 11.1 Å². The van der Waals surface area contributed by atoms with Gasteiger partial charge in [-0.15, -0.1) is 0 Å². The summed E-state index contributed by atoms with van der Waals surface area (Å²) in [5.41, 5.74) is 2.45. The summed E-state index contributed by atoms with van der Waals surface area (Å²) in [6.45, 7) is 0.547. The van der Waals surface area contributed by atoms with Gasteiger partial charge in [-0.05, 0) is 22.8 Å². The Labute approximate surface area is 242 Å². The maximum Gasteiger partial charge on any atom is 0.364 e. The van der Waals surface area contributed by atoms with Crippen LogP contribution in [0.15, 0.2) is 84.9 Å². The average Bonchev–Trinajstić information content (AvgIpc) is 3.00. The molecule has 0 aliphatic carbocycles. The van der Waals surface area contributed by atoms with Crippen molar-refractivity contribution in [3.63, 3.8) is 0 Å². The lowest BCUT2D eigenvalue weighted by atomic mass is 9.88. The second kappa shape index (κ2) is 13.7. The minimum atomic E-state index is -2.40. The van der Waals surface area contributed by atoms with Crippen LogP contribution in [-0.2, 0) is 25.7 Å². The van der Waals surface area contributed by atoms with Crippen LogP contribution in [0.4, 0.5) is 0 Å². The van der Waals surface area contributed by atoms with Gasteiger partial charge in [0.25, 0.3) is 11.7 Å². The van der Waals surface area contributed by atoms with Crippen LogP contribution in [0.5, 0.6) is 0 Å². The van der Waals surface area contributed by atoms with Crippen LogP contribution in [-0.4, -0.2) is 81.0 Å². The van der Waals surface area contributed by atoms with Gasteiger partial charge in [0.05, 0.1) is 24.9 Å². The zero-order valence-electron chi connectivity index (χ0n) is 22.9. The quantitative estimate of drug-likeness (QED) is 0.197. The number of nitrogens with one attached hydrogen (secondary N) is 2. The topological polar surface area (TPSA) is 175 Å². The molecule has 1 aliphatic rings. The van der Waals surface area contributed by atoms with Crippen molar-refractivity contribution in [2.24, 2.45) is 0 Å². The van der Waals surface area contributed by atoms with Gasteiger partial charge >= 0.3 is 5.97 Å². The number of benzene rings is 3. The molecule has 222 valence electrons. The molecule has 0 bridgehead atoms. The van der Waals surface area contributed by atoms with E-state index in [2.05, 4.69) is 10.6 Å². The molecule has 0 unspecified atom stereocenters. The largest absolute Gasteiger partial charge is 0.477 e. The fraction of sp³-hybridized carbons (Fsp3) is 0.323. The van der Waals surface area contributed by atoms with Gasteiger partial charge in [-0.25, -0.2) is 4.79 Å². The van der Waals surface area contributed by atoms with E-state index >= 15 is 0 Å². The van der Waals surface area contributed by atoms with Crippen LogP contribution in [0.1, 0.15) is 29.3 Å². The van der Waals surface area contributed by atoms with E-state index in [-0.39, 0.29) is 6.61 Å². The Morgan fingerprint density at radius 3 is 2.24 bits per heavy atom. The number of rotatable bonds is 11. The number of carboxylic acid groups (broad SMARTS) is 1. The number of carbonyl (C=O) groups is 3. The van der Waals surface area contributed by atoms with Gasteiger partial charge < -0.3 is 40.5 Å². The summed E-state index contributed by atoms with van der Waals surface area (Å²) >= 11 is 0. The van der Waals surface area contributed by atoms with Gasteiger partial charge in [-0.2, -0.15) is 0 Å². The summed E-state index contributed by atoms with van der Waals surface area (Å²) in [5, 5.41) is 48.0. The second-order valence-corrected chi connectivity index (χ2v) is 10.1. The molecular formula is C31H34N2O9. The Balaban J connectivity index is 1.51. The van der Waals surface area contributed by atoms with Crippen molar-refractivity contribution in [2.75, 3.05) is 6.54 Å². The number of carbonyl (C=O) groups excluding carboxylic acids is 2. The number of hydrogen-bond acceptors (Lipinski definition) is 8. The molecule has 0 spiro atoms. The van der Waals surface area contributed by atoms with Gasteiger partial charge in [0.2, 0.25) is 5.91 Å². The number of aliphatic carboxylic acids is 1. The number of carboxylic acids is 1. The zero-order chi connectivity index (χ0) is 30.3. The van der Waals surface area contributed by atoms with Gasteiger partial charge in [-0.3, -0.25) is 9.59 Å². The number of aliphatic hydroxyl groups is 3. The highest BCUT2D eigenvalue weighted by atomic mass is 16.7. The normalized spacial score (nSPS) is 23.4. The molecule has 3 aromatic rings. The van der Waals surface area contributed by atoms with E-state index in [0.29, 0.717) is 16.7 Å². The smallest absolute Gasteiger partial charge is 0.364 e. The number of hydrogen-bond donors (Lipinski definition) is 6. The van der Waals surface area contributed by atoms with Crippen molar-refractivity contribution in [1.82, 2.24) is 10.6 Å². The van der Waals surface area contributed by atoms with E-state index in [4.69, 9.17) is 9.47 Å². The minimum Gasteiger partial charge on any atom is -0.477 e. The molecule has 1 fully saturated rings. The van der Waals surface area contributed by atoms with Crippen LogP contribution < -0.4 is 10.6 Å². The third-order valence-corrected chi connectivity index (χ3v) is 7.04. The van der Waals surface area contributed by atoms with Crippen molar-refractivity contribution in [3.05, 3.63) is 96.1 Å². The first-order valence-electron chi connectivity index (χ1n) is 13.4. The van der Waals surface area contributed by atoms with Gasteiger partial charge in [0.15, 0.2) is 0 Å². The first-order chi connectivity index (χ1) is 20.1. The first kappa shape index (κ1) is 30.8. The fourth-order valence-corrected chi connectivity index (χ4v) is 4.91. The van der Waals surface area contributed by atoms with Crippen molar-refractivity contribution < 1.29 is 44.3 Å². The monoisotopic (exact) mass is 578 g/mol. The molecule has 42 heavy (non-hydrogen) atoms. The predicted octanol–water partition coefficient (Wildman–Crippen LogP) is 1.46. The first-order valence-corrected chi connectivity index (χ1v) is 13.4. The molecular weight excluding hydrogens is 544 g/mol. The highest BCUT2D eigenvalue weighted by Gasteiger charge is 2.55. The lowest BCUT2D eigenvalue weighted by Gasteiger charge is -2.46. The Kier molecular flexibility index (Phi) is 10.0. The molecule has 1 saturated heterocycles. The molecule has 4 rings (SSSR count). The highest BCUT2D eigenvalue weighted by molar-refractivity contribution is 6.00.